The Kier molecular flexibility index (Phi) is 2.07. The van der Waals surface area contributed by atoms with Crippen LogP contribution in [0.4, 0.5) is 0 Å². The van der Waals surface area contributed by atoms with Crippen LogP contribution in [0.5, 0.6) is 5.75 Å². The van der Waals surface area contributed by atoms with Crippen molar-refractivity contribution >= 4 is 0 Å². The van der Waals surface area contributed by atoms with Crippen molar-refractivity contribution in [2.45, 2.75) is 0 Å². The Morgan fingerprint density at radius 3 is 2.71 bits per heavy atom. The van der Waals surface area contributed by atoms with Crippen LogP contribution < -0.4 is 5.43 Å². The minimum atomic E-state index is -0.0536. The molecule has 14 heavy (non-hydrogen) atoms. The number of phenolic OH excluding ortho intramolecular Hbond substituents is 1. The Morgan fingerprint density at radius 1 is 1.14 bits per heavy atom. The Morgan fingerprint density at radius 2 is 2.00 bits per heavy atom. The first-order chi connectivity index (χ1) is 6.75. The molecule has 1 heterocycles. The highest BCUT2D eigenvalue weighted by Gasteiger charge is 1.98. The predicted molar refractivity (Wildman–Crippen MR) is 54.2 cm³/mol. The molecule has 0 amide bonds. The first-order valence-electron chi connectivity index (χ1n) is 4.24. The normalized spacial score (nSPS) is 10.0. The molecular formula is C11H9NO2. The van der Waals surface area contributed by atoms with Crippen LogP contribution in [0, 0.1) is 0 Å². The summed E-state index contributed by atoms with van der Waals surface area (Å²) >= 11 is 0. The van der Waals surface area contributed by atoms with Crippen LogP contribution in [0.15, 0.2) is 47.4 Å². The van der Waals surface area contributed by atoms with Gasteiger partial charge in [-0.25, -0.2) is 0 Å². The molecule has 0 atom stereocenters. The van der Waals surface area contributed by atoms with Crippen molar-refractivity contribution in [2.75, 3.05) is 0 Å². The molecule has 0 bridgehead atoms. The van der Waals surface area contributed by atoms with E-state index in [1.165, 1.54) is 12.1 Å². The van der Waals surface area contributed by atoms with Gasteiger partial charge in [0.1, 0.15) is 5.75 Å². The Bertz CT molecular complexity index is 502. The lowest BCUT2D eigenvalue weighted by Gasteiger charge is -2.00. The van der Waals surface area contributed by atoms with E-state index in [1.54, 1.807) is 24.4 Å². The number of aromatic hydroxyl groups is 1. The molecular weight excluding hydrogens is 178 g/mol. The van der Waals surface area contributed by atoms with Gasteiger partial charge in [-0.3, -0.25) is 4.79 Å². The molecule has 2 N–H and O–H groups in total. The SMILES string of the molecule is O=c1cc[nH]c(-c2cccc(O)c2)c1. The largest absolute Gasteiger partial charge is 0.508 e. The molecule has 2 aromatic rings. The Balaban J connectivity index is 2.55. The van der Waals surface area contributed by atoms with Crippen LogP contribution in [0.1, 0.15) is 0 Å². The lowest BCUT2D eigenvalue weighted by atomic mass is 10.1. The number of phenols is 1. The topological polar surface area (TPSA) is 53.1 Å². The number of H-pyrrole nitrogens is 1. The van der Waals surface area contributed by atoms with Gasteiger partial charge in [0.25, 0.3) is 0 Å². The number of aromatic amines is 1. The van der Waals surface area contributed by atoms with Gasteiger partial charge in [-0.1, -0.05) is 12.1 Å². The van der Waals surface area contributed by atoms with E-state index >= 15 is 0 Å². The number of rotatable bonds is 1. The van der Waals surface area contributed by atoms with E-state index in [4.69, 9.17) is 0 Å². The molecule has 3 heteroatoms. The van der Waals surface area contributed by atoms with Crippen LogP contribution in [-0.4, -0.2) is 10.1 Å². The van der Waals surface area contributed by atoms with Crippen molar-refractivity contribution in [2.24, 2.45) is 0 Å². The lowest BCUT2D eigenvalue weighted by molar-refractivity contribution is 0.475. The standard InChI is InChI=1S/C11H9NO2/c13-9-3-1-2-8(6-9)11-7-10(14)4-5-12-11/h1-7,13H,(H,12,14). The summed E-state index contributed by atoms with van der Waals surface area (Å²) in [5, 5.41) is 9.25. The predicted octanol–water partition coefficient (Wildman–Crippen LogP) is 1.75. The van der Waals surface area contributed by atoms with E-state index in [1.807, 2.05) is 6.07 Å². The highest BCUT2D eigenvalue weighted by molar-refractivity contribution is 5.60. The minimum Gasteiger partial charge on any atom is -0.508 e. The average Bonchev–Trinajstić information content (AvgIpc) is 2.18. The molecule has 0 radical (unpaired) electrons. The zero-order valence-electron chi connectivity index (χ0n) is 7.40. The molecule has 0 saturated carbocycles. The third kappa shape index (κ3) is 1.66. The maximum Gasteiger partial charge on any atom is 0.182 e. The van der Waals surface area contributed by atoms with Crippen molar-refractivity contribution < 1.29 is 5.11 Å². The van der Waals surface area contributed by atoms with E-state index in [0.29, 0.717) is 5.69 Å². The van der Waals surface area contributed by atoms with Gasteiger partial charge >= 0.3 is 0 Å². The van der Waals surface area contributed by atoms with Crippen molar-refractivity contribution in [3.05, 3.63) is 52.8 Å². The highest BCUT2D eigenvalue weighted by Crippen LogP contribution is 2.19. The Hall–Kier alpha value is -2.03. The van der Waals surface area contributed by atoms with Gasteiger partial charge in [-0.15, -0.1) is 0 Å². The summed E-state index contributed by atoms with van der Waals surface area (Å²) < 4.78 is 0. The Labute approximate surface area is 80.7 Å². The maximum absolute atomic E-state index is 11.1. The van der Waals surface area contributed by atoms with E-state index < -0.39 is 0 Å². The van der Waals surface area contributed by atoms with Crippen molar-refractivity contribution in [3.8, 4) is 17.0 Å². The summed E-state index contributed by atoms with van der Waals surface area (Å²) in [5.41, 5.74) is 1.44. The van der Waals surface area contributed by atoms with Gasteiger partial charge in [0.05, 0.1) is 0 Å². The fourth-order valence-electron chi connectivity index (χ4n) is 1.29. The number of nitrogens with one attached hydrogen (secondary N) is 1. The van der Waals surface area contributed by atoms with Crippen LogP contribution in [-0.2, 0) is 0 Å². The molecule has 3 nitrogen and oxygen atoms in total. The fraction of sp³-hybridized carbons (Fsp3) is 0. The van der Waals surface area contributed by atoms with Gasteiger partial charge < -0.3 is 10.1 Å². The second kappa shape index (κ2) is 3.38. The molecule has 1 aromatic carbocycles. The van der Waals surface area contributed by atoms with Crippen LogP contribution in [0.2, 0.25) is 0 Å². The van der Waals surface area contributed by atoms with E-state index in [9.17, 15) is 9.90 Å². The third-order valence-electron chi connectivity index (χ3n) is 1.93. The number of benzene rings is 1. The van der Waals surface area contributed by atoms with Gasteiger partial charge in [-0.2, -0.15) is 0 Å². The molecule has 0 unspecified atom stereocenters. The minimum absolute atomic E-state index is 0.0536. The molecule has 0 spiro atoms. The maximum atomic E-state index is 11.1. The molecule has 2 rings (SSSR count). The van der Waals surface area contributed by atoms with Gasteiger partial charge in [0.15, 0.2) is 5.43 Å². The first kappa shape index (κ1) is 8.56. The first-order valence-corrected chi connectivity index (χ1v) is 4.24. The van der Waals surface area contributed by atoms with E-state index in [0.717, 1.165) is 5.56 Å². The number of pyridine rings is 1. The molecule has 0 saturated heterocycles. The molecule has 1 aromatic heterocycles. The number of hydrogen-bond donors (Lipinski definition) is 2. The summed E-state index contributed by atoms with van der Waals surface area (Å²) in [7, 11) is 0. The van der Waals surface area contributed by atoms with Gasteiger partial charge in [-0.05, 0) is 12.1 Å². The summed E-state index contributed by atoms with van der Waals surface area (Å²) in [6.45, 7) is 0. The fourth-order valence-corrected chi connectivity index (χ4v) is 1.29. The molecule has 0 aliphatic rings. The average molecular weight is 187 g/mol. The molecule has 0 aliphatic carbocycles. The highest BCUT2D eigenvalue weighted by atomic mass is 16.3. The smallest absolute Gasteiger partial charge is 0.182 e. The van der Waals surface area contributed by atoms with Crippen molar-refractivity contribution in [3.63, 3.8) is 0 Å². The van der Waals surface area contributed by atoms with E-state index in [-0.39, 0.29) is 11.2 Å². The second-order valence-electron chi connectivity index (χ2n) is 2.99. The summed E-state index contributed by atoms with van der Waals surface area (Å²) in [5.74, 6) is 0.187. The van der Waals surface area contributed by atoms with Crippen LogP contribution in [0.25, 0.3) is 11.3 Å². The van der Waals surface area contributed by atoms with Crippen LogP contribution >= 0.6 is 0 Å². The van der Waals surface area contributed by atoms with Gasteiger partial charge in [0, 0.05) is 29.6 Å². The monoisotopic (exact) mass is 187 g/mol. The van der Waals surface area contributed by atoms with E-state index in [2.05, 4.69) is 4.98 Å². The third-order valence-corrected chi connectivity index (χ3v) is 1.93. The van der Waals surface area contributed by atoms with Crippen molar-refractivity contribution in [1.82, 2.24) is 4.98 Å². The molecule has 0 aliphatic heterocycles. The summed E-state index contributed by atoms with van der Waals surface area (Å²) in [6.07, 6.45) is 1.59. The molecule has 70 valence electrons. The zero-order chi connectivity index (χ0) is 9.97. The number of aromatic nitrogens is 1. The summed E-state index contributed by atoms with van der Waals surface area (Å²) in [6, 6.07) is 9.69. The van der Waals surface area contributed by atoms with Gasteiger partial charge in [0.2, 0.25) is 0 Å². The quantitative estimate of drug-likeness (QED) is 0.714. The van der Waals surface area contributed by atoms with Crippen molar-refractivity contribution in [1.29, 1.82) is 0 Å². The zero-order valence-corrected chi connectivity index (χ0v) is 7.40. The second-order valence-corrected chi connectivity index (χ2v) is 2.99. The molecule has 0 fully saturated rings. The number of hydrogen-bond acceptors (Lipinski definition) is 2. The van der Waals surface area contributed by atoms with Crippen LogP contribution in [0.3, 0.4) is 0 Å². The lowest BCUT2D eigenvalue weighted by Crippen LogP contribution is -1.97. The summed E-state index contributed by atoms with van der Waals surface area (Å²) in [4.78, 5) is 14.0.